The molecule has 2 aliphatic heterocycles. The van der Waals surface area contributed by atoms with Gasteiger partial charge in [-0.05, 0) is 65.7 Å². The zero-order valence-electron chi connectivity index (χ0n) is 18.8. The Morgan fingerprint density at radius 1 is 0.944 bits per heavy atom. The monoisotopic (exact) mass is 518 g/mol. The highest BCUT2D eigenvalue weighted by Crippen LogP contribution is 2.58. The zero-order valence-corrected chi connectivity index (χ0v) is 20.3. The van der Waals surface area contributed by atoms with Crippen LogP contribution in [0.4, 0.5) is 5.69 Å². The fraction of sp³-hybridized carbons (Fsp3) is 0.143. The van der Waals surface area contributed by atoms with E-state index in [1.54, 1.807) is 66.9 Å². The van der Waals surface area contributed by atoms with Crippen LogP contribution in [-0.4, -0.2) is 16.9 Å². The number of phenolic OH excluding ortho intramolecular Hbond substituents is 1. The number of nitrogens with one attached hydrogen (secondary N) is 2. The molecule has 3 atom stereocenters. The van der Waals surface area contributed by atoms with Crippen LogP contribution in [0.3, 0.4) is 0 Å². The molecule has 2 aliphatic rings. The van der Waals surface area contributed by atoms with Gasteiger partial charge in [0.2, 0.25) is 11.8 Å². The van der Waals surface area contributed by atoms with Crippen molar-refractivity contribution < 1.29 is 19.1 Å². The molecule has 180 valence electrons. The number of carbonyl (C=O) groups excluding carboxylic acids is 2. The number of aromatic hydroxyl groups is 1. The minimum absolute atomic E-state index is 0.0445. The Morgan fingerprint density at radius 2 is 1.78 bits per heavy atom. The van der Waals surface area contributed by atoms with Crippen LogP contribution in [0.1, 0.15) is 35.1 Å². The molecule has 3 heterocycles. The number of amides is 2. The minimum Gasteiger partial charge on any atom is -0.508 e. The van der Waals surface area contributed by atoms with Crippen LogP contribution in [0.5, 0.6) is 5.75 Å². The van der Waals surface area contributed by atoms with E-state index >= 15 is 0 Å². The fourth-order valence-electron chi connectivity index (χ4n) is 5.65. The number of hydrogen-bond acceptors (Lipinski definition) is 4. The van der Waals surface area contributed by atoms with Gasteiger partial charge in [-0.25, -0.2) is 0 Å². The first-order valence-electron chi connectivity index (χ1n) is 11.4. The number of carbonyl (C=O) groups is 2. The van der Waals surface area contributed by atoms with Crippen LogP contribution in [0.2, 0.25) is 10.0 Å². The molecule has 6 rings (SSSR count). The van der Waals surface area contributed by atoms with Crippen LogP contribution in [0.25, 0.3) is 11.3 Å². The van der Waals surface area contributed by atoms with Gasteiger partial charge in [0.05, 0.1) is 12.3 Å². The molecule has 1 saturated heterocycles. The molecule has 0 bridgehead atoms. The first kappa shape index (κ1) is 22.7. The lowest BCUT2D eigenvalue weighted by atomic mass is 9.59. The Balaban J connectivity index is 1.63. The molecule has 0 unspecified atom stereocenters. The van der Waals surface area contributed by atoms with Crippen molar-refractivity contribution in [1.82, 2.24) is 5.32 Å². The van der Waals surface area contributed by atoms with Gasteiger partial charge in [0.25, 0.3) is 0 Å². The van der Waals surface area contributed by atoms with Gasteiger partial charge in [0.1, 0.15) is 16.9 Å². The maximum Gasteiger partial charge on any atom is 0.238 e. The standard InChI is InChI=1S/C28H20Cl2N2O4/c29-17-4-1-3-15(11-17)21-14-25(34)32-26(19-12-16(6-9-23(19)33)24-5-2-10-36-24)28(21)20-8-7-18(30)13-22(20)31-27(28)35/h1-13,21,26,33H,14H2,(H,31,35)(H,32,34)/t21-,26+,28-/m0/s1. The van der Waals surface area contributed by atoms with Crippen LogP contribution < -0.4 is 10.6 Å². The van der Waals surface area contributed by atoms with Crippen molar-refractivity contribution in [3.63, 3.8) is 0 Å². The number of anilines is 1. The van der Waals surface area contributed by atoms with E-state index in [2.05, 4.69) is 10.6 Å². The minimum atomic E-state index is -1.28. The SMILES string of the molecule is O=C1C[C@@H](c2cccc(Cl)c2)[C@]2(C(=O)Nc3cc(Cl)ccc32)[C@@H](c2cc(-c3ccco3)ccc2O)N1. The Bertz CT molecular complexity index is 1520. The lowest BCUT2D eigenvalue weighted by molar-refractivity contribution is -0.131. The van der Waals surface area contributed by atoms with Crippen molar-refractivity contribution in [1.29, 1.82) is 0 Å². The van der Waals surface area contributed by atoms with Gasteiger partial charge in [-0.3, -0.25) is 9.59 Å². The lowest BCUT2D eigenvalue weighted by Gasteiger charge is -2.46. The van der Waals surface area contributed by atoms with E-state index in [0.29, 0.717) is 38.2 Å². The highest BCUT2D eigenvalue weighted by molar-refractivity contribution is 6.31. The summed E-state index contributed by atoms with van der Waals surface area (Å²) in [6.07, 6.45) is 1.62. The summed E-state index contributed by atoms with van der Waals surface area (Å²) in [5, 5.41) is 18.0. The predicted molar refractivity (Wildman–Crippen MR) is 137 cm³/mol. The molecular formula is C28H20Cl2N2O4. The topological polar surface area (TPSA) is 91.6 Å². The van der Waals surface area contributed by atoms with E-state index in [9.17, 15) is 14.7 Å². The molecular weight excluding hydrogens is 499 g/mol. The second kappa shape index (κ2) is 8.43. The largest absolute Gasteiger partial charge is 0.508 e. The number of hydrogen-bond donors (Lipinski definition) is 3. The summed E-state index contributed by atoms with van der Waals surface area (Å²) >= 11 is 12.6. The Hall–Kier alpha value is -3.74. The Labute approximate surface area is 216 Å². The summed E-state index contributed by atoms with van der Waals surface area (Å²) < 4.78 is 5.56. The van der Waals surface area contributed by atoms with Gasteiger partial charge >= 0.3 is 0 Å². The van der Waals surface area contributed by atoms with Crippen LogP contribution in [0.15, 0.2) is 83.5 Å². The molecule has 1 fully saturated rings. The summed E-state index contributed by atoms with van der Waals surface area (Å²) in [4.78, 5) is 27.2. The van der Waals surface area contributed by atoms with Crippen LogP contribution in [-0.2, 0) is 15.0 Å². The number of phenols is 1. The van der Waals surface area contributed by atoms with Crippen LogP contribution >= 0.6 is 23.2 Å². The van der Waals surface area contributed by atoms with Gasteiger partial charge in [-0.2, -0.15) is 0 Å². The van der Waals surface area contributed by atoms with E-state index in [1.165, 1.54) is 0 Å². The van der Waals surface area contributed by atoms with Gasteiger partial charge in [0, 0.05) is 39.2 Å². The molecule has 8 heteroatoms. The summed E-state index contributed by atoms with van der Waals surface area (Å²) in [6.45, 7) is 0. The third-order valence-corrected chi connectivity index (χ3v) is 7.62. The molecule has 4 aromatic rings. The number of rotatable bonds is 3. The molecule has 3 aromatic carbocycles. The summed E-state index contributed by atoms with van der Waals surface area (Å²) in [7, 11) is 0. The predicted octanol–water partition coefficient (Wildman–Crippen LogP) is 6.19. The first-order chi connectivity index (χ1) is 17.4. The summed E-state index contributed by atoms with van der Waals surface area (Å²) in [6, 6.07) is 20.2. The number of furan rings is 1. The van der Waals surface area contributed by atoms with Crippen molar-refractivity contribution in [2.24, 2.45) is 0 Å². The molecule has 3 N–H and O–H groups in total. The zero-order chi connectivity index (χ0) is 25.0. The third kappa shape index (κ3) is 3.40. The van der Waals surface area contributed by atoms with Crippen molar-refractivity contribution in [2.75, 3.05) is 5.32 Å². The fourth-order valence-corrected chi connectivity index (χ4v) is 6.02. The van der Waals surface area contributed by atoms with Gasteiger partial charge < -0.3 is 20.2 Å². The second-order valence-electron chi connectivity index (χ2n) is 9.08. The number of benzene rings is 3. The molecule has 1 aromatic heterocycles. The van der Waals surface area contributed by atoms with E-state index < -0.39 is 17.4 Å². The average Bonchev–Trinajstić information content (AvgIpc) is 3.48. The molecule has 1 spiro atoms. The lowest BCUT2D eigenvalue weighted by Crippen LogP contribution is -2.56. The first-order valence-corrected chi connectivity index (χ1v) is 12.2. The highest BCUT2D eigenvalue weighted by Gasteiger charge is 2.61. The molecule has 0 radical (unpaired) electrons. The second-order valence-corrected chi connectivity index (χ2v) is 9.95. The number of halogens is 2. The highest BCUT2D eigenvalue weighted by atomic mass is 35.5. The van der Waals surface area contributed by atoms with Gasteiger partial charge in [-0.15, -0.1) is 0 Å². The van der Waals surface area contributed by atoms with E-state index in [0.717, 1.165) is 5.56 Å². The maximum absolute atomic E-state index is 14.1. The maximum atomic E-state index is 14.1. The van der Waals surface area contributed by atoms with E-state index in [-0.39, 0.29) is 24.0 Å². The van der Waals surface area contributed by atoms with Gasteiger partial charge in [-0.1, -0.05) is 41.4 Å². The van der Waals surface area contributed by atoms with Crippen molar-refractivity contribution in [3.8, 4) is 17.1 Å². The van der Waals surface area contributed by atoms with E-state index in [1.807, 2.05) is 12.1 Å². The number of fused-ring (bicyclic) bond motifs is 2. The average molecular weight is 519 g/mol. The third-order valence-electron chi connectivity index (χ3n) is 7.15. The molecule has 0 aliphatic carbocycles. The van der Waals surface area contributed by atoms with Crippen molar-refractivity contribution in [2.45, 2.75) is 23.8 Å². The van der Waals surface area contributed by atoms with Crippen LogP contribution in [0, 0.1) is 0 Å². The van der Waals surface area contributed by atoms with Gasteiger partial charge in [0.15, 0.2) is 0 Å². The molecule has 36 heavy (non-hydrogen) atoms. The quantitative estimate of drug-likeness (QED) is 0.301. The normalized spacial score (nSPS) is 22.8. The number of piperidine rings is 1. The summed E-state index contributed by atoms with van der Waals surface area (Å²) in [5.74, 6) is -0.547. The molecule has 6 nitrogen and oxygen atoms in total. The Morgan fingerprint density at radius 3 is 2.56 bits per heavy atom. The van der Waals surface area contributed by atoms with E-state index in [4.69, 9.17) is 27.6 Å². The van der Waals surface area contributed by atoms with Crippen molar-refractivity contribution >= 4 is 40.7 Å². The molecule has 2 amide bonds. The summed E-state index contributed by atoms with van der Waals surface area (Å²) in [5.41, 5.74) is 1.84. The Kier molecular flexibility index (Phi) is 5.32. The molecule has 0 saturated carbocycles. The smallest absolute Gasteiger partial charge is 0.238 e. The van der Waals surface area contributed by atoms with Crippen molar-refractivity contribution in [3.05, 3.63) is 106 Å².